The van der Waals surface area contributed by atoms with E-state index in [2.05, 4.69) is 37.9 Å². The molecule has 1 aliphatic carbocycles. The van der Waals surface area contributed by atoms with Crippen LogP contribution in [0.5, 0.6) is 0 Å². The molecule has 0 radical (unpaired) electrons. The van der Waals surface area contributed by atoms with Crippen LogP contribution in [0.2, 0.25) is 0 Å². The van der Waals surface area contributed by atoms with Gasteiger partial charge in [0.1, 0.15) is 5.69 Å². The maximum Gasteiger partial charge on any atom is 0.251 e. The molecule has 4 aromatic rings. The lowest BCUT2D eigenvalue weighted by Gasteiger charge is -2.14. The number of nitrogens with zero attached hydrogens (tertiary/aromatic N) is 3. The molecule has 1 aromatic heterocycles. The number of carbonyl (C=O) groups excluding carboxylic acids is 1. The molecule has 1 aliphatic rings. The van der Waals surface area contributed by atoms with Crippen molar-refractivity contribution in [2.75, 3.05) is 11.2 Å². The monoisotopic (exact) mass is 463 g/mol. The number of nitrogen functional groups attached to an aromatic ring is 1. The molecular formula is C27H25N7O. The smallest absolute Gasteiger partial charge is 0.251 e. The summed E-state index contributed by atoms with van der Waals surface area (Å²) < 4.78 is 0. The predicted octanol–water partition coefficient (Wildman–Crippen LogP) is 3.88. The topological polar surface area (TPSA) is 131 Å². The van der Waals surface area contributed by atoms with Gasteiger partial charge in [-0.2, -0.15) is 5.10 Å². The first-order valence-electron chi connectivity index (χ1n) is 11.3. The van der Waals surface area contributed by atoms with E-state index in [1.807, 2.05) is 54.6 Å². The molecule has 0 aliphatic heterocycles. The van der Waals surface area contributed by atoms with E-state index in [-0.39, 0.29) is 29.3 Å². The number of carbonyl (C=O) groups is 1. The average Bonchev–Trinajstić information content (AvgIpc) is 3.31. The molecular weight excluding hydrogens is 438 g/mol. The molecule has 0 saturated heterocycles. The SMILES string of the molecule is NC(=NNc1ccccc1)c1nc(-c2cccc(C(=O)NC3CCc4ccccc43)c2)cnc1N. The summed E-state index contributed by atoms with van der Waals surface area (Å²) in [6.45, 7) is 0. The van der Waals surface area contributed by atoms with Crippen LogP contribution in [0.4, 0.5) is 11.5 Å². The number of fused-ring (bicyclic) bond motifs is 1. The number of hydrazone groups is 1. The first-order chi connectivity index (χ1) is 17.1. The molecule has 1 unspecified atom stereocenters. The number of nitrogens with one attached hydrogen (secondary N) is 2. The second-order valence-electron chi connectivity index (χ2n) is 8.31. The molecule has 0 spiro atoms. The van der Waals surface area contributed by atoms with Gasteiger partial charge in [-0.15, -0.1) is 0 Å². The molecule has 1 heterocycles. The van der Waals surface area contributed by atoms with Crippen molar-refractivity contribution >= 4 is 23.2 Å². The van der Waals surface area contributed by atoms with E-state index in [9.17, 15) is 4.79 Å². The summed E-state index contributed by atoms with van der Waals surface area (Å²) in [5, 5.41) is 7.34. The lowest BCUT2D eigenvalue weighted by atomic mass is 10.1. The number of nitrogens with two attached hydrogens (primary N) is 2. The molecule has 174 valence electrons. The normalized spacial score (nSPS) is 14.9. The number of aromatic nitrogens is 2. The Hall–Kier alpha value is -4.72. The van der Waals surface area contributed by atoms with Crippen molar-refractivity contribution in [3.63, 3.8) is 0 Å². The van der Waals surface area contributed by atoms with Gasteiger partial charge >= 0.3 is 0 Å². The molecule has 0 saturated carbocycles. The van der Waals surface area contributed by atoms with Crippen molar-refractivity contribution in [3.05, 3.63) is 107 Å². The van der Waals surface area contributed by atoms with Crippen LogP contribution in [0.1, 0.15) is 39.6 Å². The molecule has 0 fully saturated rings. The predicted molar refractivity (Wildman–Crippen MR) is 138 cm³/mol. The third kappa shape index (κ3) is 4.81. The van der Waals surface area contributed by atoms with Crippen molar-refractivity contribution in [2.24, 2.45) is 10.8 Å². The molecule has 35 heavy (non-hydrogen) atoms. The lowest BCUT2D eigenvalue weighted by Crippen LogP contribution is -2.27. The molecule has 8 heteroatoms. The standard InChI is InChI=1S/C27H25N7O/c28-25-24(26(29)34-33-20-10-2-1-3-11-20)31-23(16-30-25)18-8-6-9-19(15-18)27(35)32-22-14-13-17-7-4-5-12-21(17)22/h1-12,15-16,22,33H,13-14H2,(H2,28,30)(H2,29,34)(H,32,35). The minimum atomic E-state index is -0.134. The molecule has 1 atom stereocenters. The summed E-state index contributed by atoms with van der Waals surface area (Å²) in [6.07, 6.45) is 3.42. The third-order valence-corrected chi connectivity index (χ3v) is 5.98. The molecule has 0 bridgehead atoms. The fourth-order valence-corrected chi connectivity index (χ4v) is 4.18. The third-order valence-electron chi connectivity index (χ3n) is 5.98. The number of amidine groups is 1. The number of benzene rings is 3. The van der Waals surface area contributed by atoms with Gasteiger partial charge in [-0.1, -0.05) is 54.6 Å². The highest BCUT2D eigenvalue weighted by molar-refractivity contribution is 6.00. The fourth-order valence-electron chi connectivity index (χ4n) is 4.18. The largest absolute Gasteiger partial charge is 0.382 e. The van der Waals surface area contributed by atoms with Crippen molar-refractivity contribution < 1.29 is 4.79 Å². The Balaban J connectivity index is 1.36. The lowest BCUT2D eigenvalue weighted by molar-refractivity contribution is 0.0936. The van der Waals surface area contributed by atoms with Crippen molar-refractivity contribution in [2.45, 2.75) is 18.9 Å². The maximum absolute atomic E-state index is 13.0. The number of aryl methyl sites for hydroxylation is 1. The summed E-state index contributed by atoms with van der Waals surface area (Å²) in [6, 6.07) is 24.9. The van der Waals surface area contributed by atoms with Crippen LogP contribution in [-0.2, 0) is 6.42 Å². The Morgan fingerprint density at radius 3 is 2.66 bits per heavy atom. The van der Waals surface area contributed by atoms with Crippen LogP contribution < -0.4 is 22.2 Å². The van der Waals surface area contributed by atoms with Crippen LogP contribution in [0.3, 0.4) is 0 Å². The molecule has 8 nitrogen and oxygen atoms in total. The summed E-state index contributed by atoms with van der Waals surface area (Å²) in [5.41, 5.74) is 20.4. The number of para-hydroxylation sites is 1. The van der Waals surface area contributed by atoms with Crippen LogP contribution >= 0.6 is 0 Å². The highest BCUT2D eigenvalue weighted by Crippen LogP contribution is 2.31. The van der Waals surface area contributed by atoms with E-state index in [4.69, 9.17) is 11.5 Å². The van der Waals surface area contributed by atoms with E-state index in [0.29, 0.717) is 11.3 Å². The van der Waals surface area contributed by atoms with Gasteiger partial charge < -0.3 is 16.8 Å². The van der Waals surface area contributed by atoms with E-state index >= 15 is 0 Å². The number of amides is 1. The first kappa shape index (κ1) is 22.1. The molecule has 3 aromatic carbocycles. The highest BCUT2D eigenvalue weighted by Gasteiger charge is 2.24. The zero-order chi connectivity index (χ0) is 24.2. The van der Waals surface area contributed by atoms with Gasteiger partial charge in [0.15, 0.2) is 11.7 Å². The van der Waals surface area contributed by atoms with E-state index in [1.165, 1.54) is 11.1 Å². The van der Waals surface area contributed by atoms with Crippen LogP contribution in [0.15, 0.2) is 90.2 Å². The van der Waals surface area contributed by atoms with Crippen LogP contribution in [-0.4, -0.2) is 21.7 Å². The van der Waals surface area contributed by atoms with Gasteiger partial charge in [0.25, 0.3) is 5.91 Å². The second-order valence-corrected chi connectivity index (χ2v) is 8.31. The van der Waals surface area contributed by atoms with E-state index in [0.717, 1.165) is 24.1 Å². The fraction of sp³-hybridized carbons (Fsp3) is 0.111. The highest BCUT2D eigenvalue weighted by atomic mass is 16.1. The van der Waals surface area contributed by atoms with Gasteiger partial charge in [-0.25, -0.2) is 9.97 Å². The molecule has 1 amide bonds. The molecule has 5 rings (SSSR count). The minimum absolute atomic E-state index is 0.0124. The number of anilines is 2. The van der Waals surface area contributed by atoms with Crippen LogP contribution in [0, 0.1) is 0 Å². The Morgan fingerprint density at radius 1 is 1.00 bits per heavy atom. The minimum Gasteiger partial charge on any atom is -0.382 e. The van der Waals surface area contributed by atoms with E-state index < -0.39 is 0 Å². The summed E-state index contributed by atoms with van der Waals surface area (Å²) in [4.78, 5) is 21.8. The second kappa shape index (κ2) is 9.64. The average molecular weight is 464 g/mol. The number of hydrogen-bond donors (Lipinski definition) is 4. The van der Waals surface area contributed by atoms with Gasteiger partial charge in [0.05, 0.1) is 23.6 Å². The first-order valence-corrected chi connectivity index (χ1v) is 11.3. The van der Waals surface area contributed by atoms with Gasteiger partial charge in [0.2, 0.25) is 0 Å². The van der Waals surface area contributed by atoms with Crippen molar-refractivity contribution in [1.82, 2.24) is 15.3 Å². The Kier molecular flexibility index (Phi) is 6.09. The zero-order valence-corrected chi connectivity index (χ0v) is 19.0. The number of rotatable bonds is 6. The van der Waals surface area contributed by atoms with Gasteiger partial charge in [-0.05, 0) is 48.2 Å². The molecule has 6 N–H and O–H groups in total. The van der Waals surface area contributed by atoms with Gasteiger partial charge in [-0.3, -0.25) is 10.2 Å². The van der Waals surface area contributed by atoms with Crippen molar-refractivity contribution in [1.29, 1.82) is 0 Å². The summed E-state index contributed by atoms with van der Waals surface area (Å²) in [5.74, 6) is 0.137. The Morgan fingerprint density at radius 2 is 1.80 bits per heavy atom. The van der Waals surface area contributed by atoms with Gasteiger partial charge in [0, 0.05) is 11.1 Å². The van der Waals surface area contributed by atoms with E-state index in [1.54, 1.807) is 18.3 Å². The zero-order valence-electron chi connectivity index (χ0n) is 19.0. The number of hydrogen-bond acceptors (Lipinski definition) is 6. The van der Waals surface area contributed by atoms with Crippen LogP contribution in [0.25, 0.3) is 11.3 Å². The maximum atomic E-state index is 13.0. The summed E-state index contributed by atoms with van der Waals surface area (Å²) in [7, 11) is 0. The summed E-state index contributed by atoms with van der Waals surface area (Å²) >= 11 is 0. The van der Waals surface area contributed by atoms with Crippen molar-refractivity contribution in [3.8, 4) is 11.3 Å². The Bertz CT molecular complexity index is 1400. The Labute approximate surface area is 203 Å². The quantitative estimate of drug-likeness (QED) is 0.195.